The number of nitrogens with one attached hydrogen (secondary N) is 1. The molecule has 2 aromatic heterocycles. The van der Waals surface area contributed by atoms with Gasteiger partial charge in [-0.3, -0.25) is 29.1 Å². The van der Waals surface area contributed by atoms with Crippen molar-refractivity contribution >= 4 is 63.2 Å². The van der Waals surface area contributed by atoms with E-state index in [4.69, 9.17) is 41.4 Å². The van der Waals surface area contributed by atoms with Crippen LogP contribution in [0.2, 0.25) is 0 Å². The predicted molar refractivity (Wildman–Crippen MR) is 336 cm³/mol. The van der Waals surface area contributed by atoms with E-state index in [9.17, 15) is 24.0 Å². The van der Waals surface area contributed by atoms with E-state index in [0.29, 0.717) is 30.0 Å². The Morgan fingerprint density at radius 1 is 0.647 bits per heavy atom. The first-order valence-electron chi connectivity index (χ1n) is 28.9. The van der Waals surface area contributed by atoms with Crippen molar-refractivity contribution in [1.29, 1.82) is 0 Å². The number of aromatic nitrogens is 4. The number of nitrogen functional groups attached to an aromatic ring is 1. The van der Waals surface area contributed by atoms with Crippen molar-refractivity contribution < 1.29 is 47.7 Å². The van der Waals surface area contributed by atoms with E-state index in [1.807, 2.05) is 84.9 Å². The normalized spacial score (nSPS) is 13.7. The van der Waals surface area contributed by atoms with Gasteiger partial charge in [0.25, 0.3) is 5.91 Å². The average molecular weight is 1180 g/mol. The van der Waals surface area contributed by atoms with E-state index in [1.165, 1.54) is 58.1 Å². The molecule has 1 atom stereocenters. The summed E-state index contributed by atoms with van der Waals surface area (Å²) in [5.74, 6) is 1.01. The van der Waals surface area contributed by atoms with Gasteiger partial charge < -0.3 is 39.2 Å². The summed E-state index contributed by atoms with van der Waals surface area (Å²) in [4.78, 5) is 62.2. The molecular formula is C67H80ClN7O10. The minimum atomic E-state index is -0.846. The molecule has 17 nitrogen and oxygen atoms in total. The van der Waals surface area contributed by atoms with Gasteiger partial charge >= 0.3 is 11.9 Å². The van der Waals surface area contributed by atoms with Crippen LogP contribution in [0.25, 0.3) is 28.1 Å². The lowest BCUT2D eigenvalue weighted by Crippen LogP contribution is -2.31. The maximum atomic E-state index is 13.8. The first-order valence-corrected chi connectivity index (χ1v) is 29.2. The van der Waals surface area contributed by atoms with E-state index in [-0.39, 0.29) is 29.5 Å². The number of H-pyrrole nitrogens is 1. The Labute approximate surface area is 504 Å². The second kappa shape index (κ2) is 33.6. The number of anilines is 3. The second-order valence-corrected chi connectivity index (χ2v) is 20.6. The zero-order chi connectivity index (χ0) is 61.3. The van der Waals surface area contributed by atoms with Gasteiger partial charge in [0, 0.05) is 55.7 Å². The van der Waals surface area contributed by atoms with Crippen molar-refractivity contribution in [3.8, 4) is 39.8 Å². The number of Topliss-reactive ketones (excluding diaryl/α,β-unsaturated/α-hetero) is 1. The standard InChI is InChI=1S/C27H29N3O2.C14H18N4.C13H16O4.C10H12O3.C3H5ClO/c1-3-19-18-23-26(29-16-8-5-9-17-29)25(21-10-6-4-7-11-21)28-30(23)27(31)24(19)20-12-14-22(32-2)15-13-20;15-14-13(18-9-5-2-6-10-18)12(16-17-14)11-7-3-1-4-8-11;1-4-17-13(15)12(9(2)14)10-5-7-11(16-3)8-6-10;1-12-9-5-3-8(4-6-9)7-10(11)13-2;1-2-3(4)5/h4,6-7,10-15H,3,5,8-9,16-18H2,1-2H3;1,3-4,7-8H,2,5-6,9-10H2,(H3,15,16,17);5-8,12H,4H2,1-3H3;3-6H,7H2,1-2H3;2H2,1H3. The Morgan fingerprint density at radius 3 is 1.61 bits per heavy atom. The molecule has 85 heavy (non-hydrogen) atoms. The van der Waals surface area contributed by atoms with Crippen LogP contribution in [0.15, 0.2) is 139 Å². The lowest BCUT2D eigenvalue weighted by molar-refractivity contribution is -0.147. The highest BCUT2D eigenvalue weighted by Gasteiger charge is 2.34. The van der Waals surface area contributed by atoms with E-state index in [0.717, 1.165) is 107 Å². The fourth-order valence-electron chi connectivity index (χ4n) is 10.1. The molecule has 0 aliphatic carbocycles. The molecule has 5 heterocycles. The maximum Gasteiger partial charge on any atom is 0.320 e. The highest BCUT2D eigenvalue weighted by atomic mass is 35.5. The highest BCUT2D eigenvalue weighted by molar-refractivity contribution is 6.63. The van der Waals surface area contributed by atoms with Crippen molar-refractivity contribution in [3.63, 3.8) is 0 Å². The molecule has 2 saturated heterocycles. The third-order valence-corrected chi connectivity index (χ3v) is 14.8. The average Bonchev–Trinajstić information content (AvgIpc) is 1.81. The number of carbonyl (C=O) groups excluding carboxylic acids is 5. The SMILES string of the molecule is CCC(=O)Cl.CCC1=C(c2ccc(OC)cc2)C(=O)n2nc(-c3ccccc3)c(N3CCCCC3)c2C1.CCOC(=O)C(C(C)=O)c1ccc(OC)cc1.COC(=O)Cc1ccc(OC)cc1.Nc1n[nH]c(-c2ccccc2)c1N1CCCCC1. The quantitative estimate of drug-likeness (QED) is 0.0523. The Bertz CT molecular complexity index is 3280. The number of benzene rings is 5. The summed E-state index contributed by atoms with van der Waals surface area (Å²) in [5, 5.41) is 11.9. The number of allylic oxidation sites excluding steroid dienone is 2. The minimum Gasteiger partial charge on any atom is -0.497 e. The van der Waals surface area contributed by atoms with Crippen molar-refractivity contribution in [1.82, 2.24) is 20.0 Å². The van der Waals surface area contributed by atoms with Gasteiger partial charge in [-0.15, -0.1) is 0 Å². The van der Waals surface area contributed by atoms with Crippen LogP contribution in [-0.4, -0.2) is 110 Å². The summed E-state index contributed by atoms with van der Waals surface area (Å²) in [5.41, 5.74) is 17.8. The predicted octanol–water partition coefficient (Wildman–Crippen LogP) is 12.8. The molecule has 3 aliphatic heterocycles. The first-order chi connectivity index (χ1) is 41.2. The molecule has 7 aromatic rings. The maximum absolute atomic E-state index is 13.8. The van der Waals surface area contributed by atoms with Crippen molar-refractivity contribution in [3.05, 3.63) is 161 Å². The molecule has 0 radical (unpaired) electrons. The molecule has 1 unspecified atom stereocenters. The van der Waals surface area contributed by atoms with Gasteiger partial charge in [-0.2, -0.15) is 14.9 Å². The monoisotopic (exact) mass is 1180 g/mol. The Morgan fingerprint density at radius 2 is 1.14 bits per heavy atom. The van der Waals surface area contributed by atoms with Crippen LogP contribution >= 0.6 is 11.6 Å². The number of aromatic amines is 1. The van der Waals surface area contributed by atoms with Crippen LogP contribution in [0.1, 0.15) is 112 Å². The Kier molecular flexibility index (Phi) is 25.8. The summed E-state index contributed by atoms with van der Waals surface area (Å²) >= 11 is 4.82. The lowest BCUT2D eigenvalue weighted by atomic mass is 9.90. The van der Waals surface area contributed by atoms with Crippen molar-refractivity contribution in [2.45, 2.75) is 97.8 Å². The molecule has 3 N–H and O–H groups in total. The van der Waals surface area contributed by atoms with E-state index < -0.39 is 11.9 Å². The number of hydrogen-bond acceptors (Lipinski definition) is 15. The number of rotatable bonds is 16. The van der Waals surface area contributed by atoms with Crippen LogP contribution in [-0.2, 0) is 41.5 Å². The van der Waals surface area contributed by atoms with Gasteiger partial charge in [-0.1, -0.05) is 116 Å². The zero-order valence-corrected chi connectivity index (χ0v) is 50.9. The highest BCUT2D eigenvalue weighted by Crippen LogP contribution is 2.41. The van der Waals surface area contributed by atoms with Gasteiger partial charge in [0.1, 0.15) is 40.3 Å². The molecule has 3 aliphatic rings. The van der Waals surface area contributed by atoms with E-state index in [2.05, 4.69) is 55.9 Å². The molecule has 18 heteroatoms. The number of ether oxygens (including phenoxy) is 5. The summed E-state index contributed by atoms with van der Waals surface area (Å²) in [6.45, 7) is 11.4. The number of carbonyl (C=O) groups is 5. The largest absolute Gasteiger partial charge is 0.497 e. The molecule has 2 fully saturated rings. The van der Waals surface area contributed by atoms with Gasteiger partial charge in [0.05, 0.1) is 58.5 Å². The summed E-state index contributed by atoms with van der Waals surface area (Å²) in [6.07, 6.45) is 9.73. The number of methoxy groups -OCH3 is 4. The van der Waals surface area contributed by atoms with Crippen molar-refractivity contribution in [2.75, 3.05) is 76.8 Å². The number of fused-ring (bicyclic) bond motifs is 1. The lowest BCUT2D eigenvalue weighted by Gasteiger charge is -2.31. The molecule has 450 valence electrons. The fourth-order valence-corrected chi connectivity index (χ4v) is 10.1. The third-order valence-electron chi connectivity index (χ3n) is 14.5. The van der Waals surface area contributed by atoms with Gasteiger partial charge in [-0.05, 0) is 123 Å². The van der Waals surface area contributed by atoms with Crippen LogP contribution in [0, 0.1) is 0 Å². The first kappa shape index (κ1) is 65.5. The number of halogens is 1. The third kappa shape index (κ3) is 18.2. The minimum absolute atomic E-state index is 0.0336. The van der Waals surface area contributed by atoms with Crippen LogP contribution in [0.3, 0.4) is 0 Å². The number of piperidine rings is 2. The number of nitrogens with zero attached hydrogens (tertiary/aromatic N) is 5. The molecule has 0 bridgehead atoms. The second-order valence-electron chi connectivity index (χ2n) is 20.1. The summed E-state index contributed by atoms with van der Waals surface area (Å²) < 4.78 is 26.4. The molecule has 10 rings (SSSR count). The number of nitrogens with two attached hydrogens (primary N) is 1. The van der Waals surface area contributed by atoms with Gasteiger partial charge in [0.2, 0.25) is 5.24 Å². The molecule has 5 aromatic carbocycles. The van der Waals surface area contributed by atoms with Gasteiger partial charge in [-0.25, -0.2) is 0 Å². The van der Waals surface area contributed by atoms with Crippen LogP contribution < -0.4 is 29.7 Å². The molecular weight excluding hydrogens is 1100 g/mol. The van der Waals surface area contributed by atoms with Crippen LogP contribution in [0.4, 0.5) is 17.2 Å². The molecule has 0 saturated carbocycles. The Hall–Kier alpha value is -8.70. The smallest absolute Gasteiger partial charge is 0.320 e. The molecule has 0 spiro atoms. The number of ketones is 1. The summed E-state index contributed by atoms with van der Waals surface area (Å²) in [6, 6.07) is 42.4. The van der Waals surface area contributed by atoms with E-state index >= 15 is 0 Å². The summed E-state index contributed by atoms with van der Waals surface area (Å²) in [7, 11) is 6.20. The van der Waals surface area contributed by atoms with Gasteiger partial charge in [0.15, 0.2) is 5.82 Å². The Balaban J connectivity index is 0.000000187. The molecule has 0 amide bonds. The number of esters is 2. The number of hydrogen-bond donors (Lipinski definition) is 2. The fraction of sp³-hybridized carbons (Fsp3) is 0.358. The van der Waals surface area contributed by atoms with Crippen LogP contribution in [0.5, 0.6) is 17.2 Å². The zero-order valence-electron chi connectivity index (χ0n) is 50.2. The topological polar surface area (TPSA) is 211 Å². The van der Waals surface area contributed by atoms with E-state index in [1.54, 1.807) is 64.1 Å². The van der Waals surface area contributed by atoms with Crippen molar-refractivity contribution in [2.24, 2.45) is 0 Å².